The molecule has 1 N–H and O–H groups in total. The van der Waals surface area contributed by atoms with Crippen LogP contribution in [0.3, 0.4) is 0 Å². The maximum absolute atomic E-state index is 12.4. The number of H-pyrrole nitrogens is 1. The molecule has 0 fully saturated rings. The monoisotopic (exact) mass is 315 g/mol. The van der Waals surface area contributed by atoms with Gasteiger partial charge in [0.25, 0.3) is 5.56 Å². The van der Waals surface area contributed by atoms with Crippen LogP contribution in [0.25, 0.3) is 16.9 Å². The fourth-order valence-electron chi connectivity index (χ4n) is 2.40. The highest BCUT2D eigenvalue weighted by atomic mass is 32.2. The molecule has 0 amide bonds. The van der Waals surface area contributed by atoms with Crippen molar-refractivity contribution in [3.8, 4) is 17.0 Å². The molecule has 0 spiro atoms. The Labute approximate surface area is 132 Å². The summed E-state index contributed by atoms with van der Waals surface area (Å²) in [5, 5.41) is 3.12. The van der Waals surface area contributed by atoms with Gasteiger partial charge in [0.15, 0.2) is 5.65 Å². The Morgan fingerprint density at radius 2 is 2.05 bits per heavy atom. The van der Waals surface area contributed by atoms with Gasteiger partial charge in [0.2, 0.25) is 0 Å². The van der Waals surface area contributed by atoms with E-state index >= 15 is 0 Å². The number of benzene rings is 1. The Morgan fingerprint density at radius 3 is 2.68 bits per heavy atom. The quantitative estimate of drug-likeness (QED) is 0.752. The van der Waals surface area contributed by atoms with E-state index < -0.39 is 0 Å². The molecular weight excluding hydrogens is 298 g/mol. The minimum Gasteiger partial charge on any atom is -0.494 e. The lowest BCUT2D eigenvalue weighted by atomic mass is 10.1. The summed E-state index contributed by atoms with van der Waals surface area (Å²) in [6.07, 6.45) is 1.88. The zero-order valence-electron chi connectivity index (χ0n) is 12.7. The van der Waals surface area contributed by atoms with Crippen LogP contribution in [-0.2, 0) is 0 Å². The first-order chi connectivity index (χ1) is 10.6. The molecule has 2 aromatic heterocycles. The second-order valence-corrected chi connectivity index (χ2v) is 5.67. The summed E-state index contributed by atoms with van der Waals surface area (Å²) >= 11 is 1.42. The van der Waals surface area contributed by atoms with Crippen molar-refractivity contribution in [1.29, 1.82) is 0 Å². The molecule has 0 radical (unpaired) electrons. The maximum atomic E-state index is 12.4. The highest BCUT2D eigenvalue weighted by Gasteiger charge is 2.12. The van der Waals surface area contributed by atoms with Gasteiger partial charge in [0, 0.05) is 6.07 Å². The molecule has 0 atom stereocenters. The van der Waals surface area contributed by atoms with Crippen molar-refractivity contribution in [2.24, 2.45) is 0 Å². The number of aryl methyl sites for hydroxylation is 1. The van der Waals surface area contributed by atoms with Gasteiger partial charge in [-0.05, 0) is 49.9 Å². The largest absolute Gasteiger partial charge is 0.494 e. The highest BCUT2D eigenvalue weighted by Crippen LogP contribution is 2.23. The van der Waals surface area contributed by atoms with Gasteiger partial charge in [-0.3, -0.25) is 9.89 Å². The van der Waals surface area contributed by atoms with Crippen LogP contribution < -0.4 is 10.3 Å². The van der Waals surface area contributed by atoms with E-state index in [4.69, 9.17) is 4.74 Å². The summed E-state index contributed by atoms with van der Waals surface area (Å²) < 4.78 is 6.93. The third-order valence-electron chi connectivity index (χ3n) is 3.42. The lowest BCUT2D eigenvalue weighted by Crippen LogP contribution is -2.18. The Hall–Kier alpha value is -2.21. The summed E-state index contributed by atoms with van der Waals surface area (Å²) in [7, 11) is 0. The van der Waals surface area contributed by atoms with E-state index in [9.17, 15) is 4.79 Å². The van der Waals surface area contributed by atoms with E-state index in [0.29, 0.717) is 17.1 Å². The molecule has 22 heavy (non-hydrogen) atoms. The molecule has 0 aliphatic carbocycles. The van der Waals surface area contributed by atoms with Crippen LogP contribution in [0.2, 0.25) is 0 Å². The van der Waals surface area contributed by atoms with Crippen LogP contribution >= 0.6 is 11.8 Å². The average molecular weight is 315 g/mol. The highest BCUT2D eigenvalue weighted by molar-refractivity contribution is 7.98. The molecule has 0 saturated heterocycles. The Morgan fingerprint density at radius 1 is 1.32 bits per heavy atom. The molecule has 114 valence electrons. The number of nitrogens with zero attached hydrogens (tertiary/aromatic N) is 2. The topological polar surface area (TPSA) is 59.4 Å². The molecule has 0 aliphatic heterocycles. The van der Waals surface area contributed by atoms with Crippen LogP contribution in [0.15, 0.2) is 40.0 Å². The minimum absolute atomic E-state index is 0.0628. The molecule has 6 heteroatoms. The lowest BCUT2D eigenvalue weighted by Gasteiger charge is -2.03. The fourth-order valence-corrected chi connectivity index (χ4v) is 3.01. The summed E-state index contributed by atoms with van der Waals surface area (Å²) in [4.78, 5) is 17.6. The molecule has 3 aromatic rings. The first-order valence-corrected chi connectivity index (χ1v) is 8.26. The number of hydrogen-bond donors (Lipinski definition) is 1. The van der Waals surface area contributed by atoms with Crippen molar-refractivity contribution in [3.63, 3.8) is 0 Å². The van der Waals surface area contributed by atoms with Crippen LogP contribution in [0, 0.1) is 6.92 Å². The van der Waals surface area contributed by atoms with Crippen molar-refractivity contribution >= 4 is 17.4 Å². The van der Waals surface area contributed by atoms with Gasteiger partial charge >= 0.3 is 0 Å². The van der Waals surface area contributed by atoms with Crippen LogP contribution in [-0.4, -0.2) is 27.5 Å². The van der Waals surface area contributed by atoms with Crippen molar-refractivity contribution in [2.45, 2.75) is 18.7 Å². The number of thioether (sulfide) groups is 1. The van der Waals surface area contributed by atoms with Crippen molar-refractivity contribution in [3.05, 3.63) is 46.4 Å². The number of aromatic nitrogens is 3. The molecule has 0 aliphatic rings. The van der Waals surface area contributed by atoms with Gasteiger partial charge in [-0.25, -0.2) is 9.50 Å². The van der Waals surface area contributed by atoms with Crippen LogP contribution in [0.4, 0.5) is 0 Å². The van der Waals surface area contributed by atoms with Gasteiger partial charge in [-0.2, -0.15) is 0 Å². The van der Waals surface area contributed by atoms with E-state index in [0.717, 1.165) is 22.7 Å². The Balaban J connectivity index is 2.08. The third kappa shape index (κ3) is 2.50. The number of fused-ring (bicyclic) bond motifs is 1. The predicted molar refractivity (Wildman–Crippen MR) is 88.9 cm³/mol. The van der Waals surface area contributed by atoms with Crippen molar-refractivity contribution in [1.82, 2.24) is 14.6 Å². The summed E-state index contributed by atoms with van der Waals surface area (Å²) in [5.41, 5.74) is 3.16. The summed E-state index contributed by atoms with van der Waals surface area (Å²) in [6.45, 7) is 4.45. The molecule has 2 heterocycles. The lowest BCUT2D eigenvalue weighted by molar-refractivity contribution is 0.340. The first kappa shape index (κ1) is 14.7. The number of aromatic amines is 1. The van der Waals surface area contributed by atoms with E-state index in [1.807, 2.05) is 50.4 Å². The number of nitrogens with one attached hydrogen (secondary N) is 1. The second-order valence-electron chi connectivity index (χ2n) is 4.86. The number of rotatable bonds is 4. The van der Waals surface area contributed by atoms with Gasteiger partial charge < -0.3 is 4.74 Å². The summed E-state index contributed by atoms with van der Waals surface area (Å²) in [5.74, 6) is 0.832. The zero-order chi connectivity index (χ0) is 15.7. The van der Waals surface area contributed by atoms with E-state index in [2.05, 4.69) is 10.1 Å². The molecule has 3 rings (SSSR count). The van der Waals surface area contributed by atoms with E-state index in [1.54, 1.807) is 0 Å². The zero-order valence-corrected chi connectivity index (χ0v) is 13.5. The van der Waals surface area contributed by atoms with Gasteiger partial charge in [0.1, 0.15) is 5.75 Å². The third-order valence-corrected chi connectivity index (χ3v) is 4.30. The fraction of sp³-hybridized carbons (Fsp3) is 0.250. The molecule has 5 nitrogen and oxygen atoms in total. The smallest absolute Gasteiger partial charge is 0.286 e. The second kappa shape index (κ2) is 5.88. The number of hydrogen-bond acceptors (Lipinski definition) is 4. The van der Waals surface area contributed by atoms with Crippen molar-refractivity contribution < 1.29 is 4.74 Å². The molecular formula is C16H17N3O2S. The average Bonchev–Trinajstić information content (AvgIpc) is 2.93. The van der Waals surface area contributed by atoms with Crippen LogP contribution in [0.5, 0.6) is 5.75 Å². The predicted octanol–water partition coefficient (Wildman–Crippen LogP) is 3.12. The maximum Gasteiger partial charge on any atom is 0.286 e. The molecule has 0 unspecified atom stereocenters. The van der Waals surface area contributed by atoms with Gasteiger partial charge in [0.05, 0.1) is 22.9 Å². The Kier molecular flexibility index (Phi) is 3.94. The van der Waals surface area contributed by atoms with Gasteiger partial charge in [-0.15, -0.1) is 11.8 Å². The minimum atomic E-state index is -0.0628. The first-order valence-electron chi connectivity index (χ1n) is 7.03. The molecule has 0 saturated carbocycles. The Bertz CT molecular complexity index is 865. The van der Waals surface area contributed by atoms with Crippen molar-refractivity contribution in [2.75, 3.05) is 12.9 Å². The SMILES string of the molecule is CCOc1ccc(-c2cc3nc(C)c(SC)c(=O)n3[nH]2)cc1. The van der Waals surface area contributed by atoms with Crippen LogP contribution in [0.1, 0.15) is 12.6 Å². The van der Waals surface area contributed by atoms with Gasteiger partial charge in [-0.1, -0.05) is 0 Å². The number of ether oxygens (including phenoxy) is 1. The summed E-state index contributed by atoms with van der Waals surface area (Å²) in [6, 6.07) is 9.64. The standard InChI is InChI=1S/C16H17N3O2S/c1-4-21-12-7-5-11(6-8-12)13-9-14-17-10(2)15(22-3)16(20)19(14)18-13/h5-9,18H,4H2,1-3H3. The normalized spacial score (nSPS) is 11.0. The van der Waals surface area contributed by atoms with E-state index in [-0.39, 0.29) is 5.56 Å². The van der Waals surface area contributed by atoms with E-state index in [1.165, 1.54) is 16.3 Å². The molecule has 1 aromatic carbocycles. The molecule has 0 bridgehead atoms.